The van der Waals surface area contributed by atoms with Gasteiger partial charge in [-0.2, -0.15) is 4.68 Å². The molecule has 1 aromatic carbocycles. The molecule has 0 aliphatic rings. The number of benzene rings is 1. The Morgan fingerprint density at radius 1 is 1.48 bits per heavy atom. The Labute approximate surface area is 124 Å². The average molecular weight is 362 g/mol. The smallest absolute Gasteiger partial charge is 0.390 e. The zero-order chi connectivity index (χ0) is 15.6. The topological polar surface area (TPSA) is 103 Å². The molecule has 8 nitrogen and oxygen atoms in total. The van der Waals surface area contributed by atoms with E-state index in [1.807, 2.05) is 0 Å². The first-order valence-electron chi connectivity index (χ1n) is 5.35. The molecule has 21 heavy (non-hydrogen) atoms. The van der Waals surface area contributed by atoms with Gasteiger partial charge in [-0.25, -0.2) is 8.78 Å². The standard InChI is InChI=1S/C10H6BrF2N5O3/c11-6-1-5(12)2-7(13)9(6)15-8(19)3-17-4-14-10(16-17)18(20)21/h1-2,4H,3H2,(H,15,19). The molecule has 0 saturated carbocycles. The Balaban J connectivity index is 2.10. The Morgan fingerprint density at radius 2 is 2.19 bits per heavy atom. The van der Waals surface area contributed by atoms with Gasteiger partial charge in [0.25, 0.3) is 0 Å². The lowest BCUT2D eigenvalue weighted by atomic mass is 10.3. The van der Waals surface area contributed by atoms with Crippen molar-refractivity contribution in [2.24, 2.45) is 0 Å². The van der Waals surface area contributed by atoms with Gasteiger partial charge in [0.05, 0.1) is 5.69 Å². The summed E-state index contributed by atoms with van der Waals surface area (Å²) in [6.45, 7) is -0.413. The number of carbonyl (C=O) groups excluding carboxylic acids is 1. The molecule has 0 aliphatic carbocycles. The quantitative estimate of drug-likeness (QED) is 0.661. The lowest BCUT2D eigenvalue weighted by molar-refractivity contribution is -0.394. The molecule has 1 heterocycles. The summed E-state index contributed by atoms with van der Waals surface area (Å²) in [6, 6.07) is 1.60. The molecule has 1 aromatic heterocycles. The van der Waals surface area contributed by atoms with E-state index in [4.69, 9.17) is 0 Å². The van der Waals surface area contributed by atoms with E-state index in [2.05, 4.69) is 31.3 Å². The molecule has 0 fully saturated rings. The summed E-state index contributed by atoms with van der Waals surface area (Å²) in [6.07, 6.45) is 0.994. The van der Waals surface area contributed by atoms with Crippen molar-refractivity contribution in [3.8, 4) is 0 Å². The summed E-state index contributed by atoms with van der Waals surface area (Å²) >= 11 is 2.92. The molecule has 1 amide bonds. The highest BCUT2D eigenvalue weighted by Gasteiger charge is 2.17. The highest BCUT2D eigenvalue weighted by atomic mass is 79.9. The zero-order valence-electron chi connectivity index (χ0n) is 10.1. The Morgan fingerprint density at radius 3 is 2.76 bits per heavy atom. The van der Waals surface area contributed by atoms with Crippen molar-refractivity contribution in [1.82, 2.24) is 14.8 Å². The highest BCUT2D eigenvalue weighted by Crippen LogP contribution is 2.26. The largest absolute Gasteiger partial charge is 0.490 e. The monoisotopic (exact) mass is 361 g/mol. The summed E-state index contributed by atoms with van der Waals surface area (Å²) in [4.78, 5) is 24.6. The van der Waals surface area contributed by atoms with Crippen LogP contribution in [0.1, 0.15) is 0 Å². The van der Waals surface area contributed by atoms with Crippen LogP contribution < -0.4 is 5.32 Å². The third-order valence-electron chi connectivity index (χ3n) is 2.26. The number of nitro groups is 1. The molecule has 2 aromatic rings. The third kappa shape index (κ3) is 3.56. The van der Waals surface area contributed by atoms with Crippen molar-refractivity contribution in [2.45, 2.75) is 6.54 Å². The van der Waals surface area contributed by atoms with Crippen LogP contribution in [0.2, 0.25) is 0 Å². The van der Waals surface area contributed by atoms with Gasteiger partial charge >= 0.3 is 5.95 Å². The number of nitrogens with one attached hydrogen (secondary N) is 1. The summed E-state index contributed by atoms with van der Waals surface area (Å²) in [7, 11) is 0. The summed E-state index contributed by atoms with van der Waals surface area (Å²) in [5.41, 5.74) is -0.240. The van der Waals surface area contributed by atoms with Gasteiger partial charge in [-0.3, -0.25) is 4.79 Å². The number of rotatable bonds is 4. The second kappa shape index (κ2) is 5.91. The maximum absolute atomic E-state index is 13.5. The highest BCUT2D eigenvalue weighted by molar-refractivity contribution is 9.10. The maximum atomic E-state index is 13.5. The molecule has 110 valence electrons. The predicted molar refractivity (Wildman–Crippen MR) is 69.4 cm³/mol. The van der Waals surface area contributed by atoms with E-state index in [1.165, 1.54) is 0 Å². The molecule has 0 atom stereocenters. The van der Waals surface area contributed by atoms with Crippen LogP contribution in [-0.4, -0.2) is 25.6 Å². The first-order valence-corrected chi connectivity index (χ1v) is 6.14. The molecule has 0 saturated heterocycles. The van der Waals surface area contributed by atoms with Gasteiger partial charge in [-0.15, -0.1) is 0 Å². The van der Waals surface area contributed by atoms with Gasteiger partial charge < -0.3 is 15.4 Å². The molecule has 1 N–H and O–H groups in total. The minimum atomic E-state index is -0.959. The Bertz CT molecular complexity index is 697. The van der Waals surface area contributed by atoms with Crippen LogP contribution >= 0.6 is 15.9 Å². The maximum Gasteiger partial charge on any atom is 0.490 e. The van der Waals surface area contributed by atoms with E-state index in [1.54, 1.807) is 0 Å². The van der Waals surface area contributed by atoms with Crippen molar-refractivity contribution in [3.05, 3.63) is 44.7 Å². The molecule has 0 spiro atoms. The first-order chi connectivity index (χ1) is 9.86. The minimum absolute atomic E-state index is 0.0259. The van der Waals surface area contributed by atoms with E-state index in [9.17, 15) is 23.7 Å². The number of anilines is 1. The second-order valence-electron chi connectivity index (χ2n) is 3.79. The van der Waals surface area contributed by atoms with Crippen molar-refractivity contribution >= 4 is 33.5 Å². The number of halogens is 3. The predicted octanol–water partition coefficient (Wildman–Crippen LogP) is 1.87. The van der Waals surface area contributed by atoms with Gasteiger partial charge in [0, 0.05) is 15.6 Å². The molecule has 0 unspecified atom stereocenters. The van der Waals surface area contributed by atoms with Crippen molar-refractivity contribution < 1.29 is 18.5 Å². The van der Waals surface area contributed by atoms with Gasteiger partial charge in [-0.05, 0) is 26.9 Å². The molecule has 0 aliphatic heterocycles. The lowest BCUT2D eigenvalue weighted by Crippen LogP contribution is -2.20. The Kier molecular flexibility index (Phi) is 4.21. The fourth-order valence-electron chi connectivity index (χ4n) is 1.43. The Hall–Kier alpha value is -2.43. The number of carbonyl (C=O) groups is 1. The number of aromatic nitrogens is 3. The van der Waals surface area contributed by atoms with Crippen LogP contribution in [0.15, 0.2) is 22.9 Å². The normalized spacial score (nSPS) is 10.4. The number of amides is 1. The van der Waals surface area contributed by atoms with E-state index in [-0.39, 0.29) is 10.2 Å². The number of nitrogens with zero attached hydrogens (tertiary/aromatic N) is 4. The van der Waals surface area contributed by atoms with Crippen molar-refractivity contribution in [2.75, 3.05) is 5.32 Å². The van der Waals surface area contributed by atoms with Gasteiger partial charge in [0.15, 0.2) is 5.82 Å². The van der Waals surface area contributed by atoms with Crippen LogP contribution in [0.25, 0.3) is 0 Å². The molecule has 0 bridgehead atoms. The van der Waals surface area contributed by atoms with Crippen LogP contribution in [0.4, 0.5) is 20.4 Å². The fraction of sp³-hybridized carbons (Fsp3) is 0.100. The van der Waals surface area contributed by atoms with Crippen LogP contribution in [0.3, 0.4) is 0 Å². The van der Waals surface area contributed by atoms with Gasteiger partial charge in [0.1, 0.15) is 12.4 Å². The number of hydrogen-bond donors (Lipinski definition) is 1. The van der Waals surface area contributed by atoms with Crippen LogP contribution in [0, 0.1) is 21.7 Å². The van der Waals surface area contributed by atoms with E-state index in [0.717, 1.165) is 17.1 Å². The SMILES string of the molecule is O=C(Cn1cnc([N+](=O)[O-])n1)Nc1c(F)cc(F)cc1Br. The van der Waals surface area contributed by atoms with E-state index < -0.39 is 35.0 Å². The summed E-state index contributed by atoms with van der Waals surface area (Å²) in [5.74, 6) is -3.12. The second-order valence-corrected chi connectivity index (χ2v) is 4.65. The van der Waals surface area contributed by atoms with Crippen LogP contribution in [0.5, 0.6) is 0 Å². The zero-order valence-corrected chi connectivity index (χ0v) is 11.7. The average Bonchev–Trinajstić information content (AvgIpc) is 2.82. The lowest BCUT2D eigenvalue weighted by Gasteiger charge is -2.07. The summed E-state index contributed by atoms with van der Waals surface area (Å²) in [5, 5.41) is 16.0. The molecule has 0 radical (unpaired) electrons. The van der Waals surface area contributed by atoms with Gasteiger partial charge in [0.2, 0.25) is 12.2 Å². The molecule has 11 heteroatoms. The number of hydrogen-bond acceptors (Lipinski definition) is 5. The summed E-state index contributed by atoms with van der Waals surface area (Å²) < 4.78 is 27.4. The molecular formula is C10H6BrF2N5O3. The van der Waals surface area contributed by atoms with Crippen molar-refractivity contribution in [1.29, 1.82) is 0 Å². The van der Waals surface area contributed by atoms with Crippen LogP contribution in [-0.2, 0) is 11.3 Å². The van der Waals surface area contributed by atoms with E-state index >= 15 is 0 Å². The van der Waals surface area contributed by atoms with Crippen molar-refractivity contribution in [3.63, 3.8) is 0 Å². The molecular weight excluding hydrogens is 356 g/mol. The molecule has 2 rings (SSSR count). The van der Waals surface area contributed by atoms with Gasteiger partial charge in [-0.1, -0.05) is 4.98 Å². The minimum Gasteiger partial charge on any atom is -0.390 e. The van der Waals surface area contributed by atoms with E-state index in [0.29, 0.717) is 6.07 Å². The fourth-order valence-corrected chi connectivity index (χ4v) is 1.94. The first kappa shape index (κ1) is 15.0. The third-order valence-corrected chi connectivity index (χ3v) is 2.89.